The van der Waals surface area contributed by atoms with Crippen LogP contribution in [0.4, 0.5) is 0 Å². The Morgan fingerprint density at radius 2 is 2.12 bits per heavy atom. The van der Waals surface area contributed by atoms with Gasteiger partial charge in [-0.15, -0.1) is 0 Å². The number of ether oxygens (including phenoxy) is 1. The molecule has 0 N–H and O–H groups in total. The third-order valence-electron chi connectivity index (χ3n) is 2.65. The van der Waals surface area contributed by atoms with E-state index >= 15 is 0 Å². The first-order valence-corrected chi connectivity index (χ1v) is 5.22. The highest BCUT2D eigenvalue weighted by atomic mass is 16.5. The summed E-state index contributed by atoms with van der Waals surface area (Å²) in [5.74, 6) is -0.468. The predicted octanol–water partition coefficient (Wildman–Crippen LogP) is 0.785. The number of benzene rings is 1. The van der Waals surface area contributed by atoms with Gasteiger partial charge in [-0.3, -0.25) is 9.59 Å². The lowest BCUT2D eigenvalue weighted by Gasteiger charge is -2.31. The second-order valence-electron chi connectivity index (χ2n) is 3.67. The number of morpholine rings is 1. The molecular formula is C12H13NO3. The average molecular weight is 219 g/mol. The maximum Gasteiger partial charge on any atom is 0.286 e. The van der Waals surface area contributed by atoms with Crippen LogP contribution in [0, 0.1) is 0 Å². The Morgan fingerprint density at radius 1 is 1.38 bits per heavy atom. The lowest BCUT2D eigenvalue weighted by Crippen LogP contribution is -2.42. The zero-order valence-electron chi connectivity index (χ0n) is 8.83. The van der Waals surface area contributed by atoms with Crippen molar-refractivity contribution in [1.82, 2.24) is 4.90 Å². The van der Waals surface area contributed by atoms with Crippen LogP contribution in [0.5, 0.6) is 0 Å². The number of rotatable bonds is 2. The van der Waals surface area contributed by atoms with Crippen molar-refractivity contribution >= 4 is 12.2 Å². The summed E-state index contributed by atoms with van der Waals surface area (Å²) in [7, 11) is 0. The summed E-state index contributed by atoms with van der Waals surface area (Å²) < 4.78 is 5.58. The maximum atomic E-state index is 11.2. The highest BCUT2D eigenvalue weighted by molar-refractivity contribution is 6.23. The van der Waals surface area contributed by atoms with E-state index in [1.165, 1.54) is 4.90 Å². The van der Waals surface area contributed by atoms with E-state index in [-0.39, 0.29) is 6.10 Å². The van der Waals surface area contributed by atoms with Gasteiger partial charge in [0, 0.05) is 6.54 Å². The molecule has 0 radical (unpaired) electrons. The van der Waals surface area contributed by atoms with Crippen molar-refractivity contribution in [3.8, 4) is 0 Å². The van der Waals surface area contributed by atoms with Crippen LogP contribution in [-0.2, 0) is 14.3 Å². The molecule has 1 unspecified atom stereocenters. The normalized spacial score (nSPS) is 20.5. The Labute approximate surface area is 93.8 Å². The highest BCUT2D eigenvalue weighted by Crippen LogP contribution is 2.21. The van der Waals surface area contributed by atoms with Gasteiger partial charge in [0.1, 0.15) is 6.10 Å². The largest absolute Gasteiger partial charge is 0.370 e. The molecule has 1 heterocycles. The Balaban J connectivity index is 2.07. The Morgan fingerprint density at radius 3 is 2.81 bits per heavy atom. The fourth-order valence-corrected chi connectivity index (χ4v) is 1.79. The number of amides is 1. The number of carbonyl (C=O) groups is 2. The van der Waals surface area contributed by atoms with Crippen molar-refractivity contribution in [2.75, 3.05) is 19.7 Å². The summed E-state index contributed by atoms with van der Waals surface area (Å²) in [5.41, 5.74) is 1.03. The Bertz CT molecular complexity index is 377. The monoisotopic (exact) mass is 219 g/mol. The van der Waals surface area contributed by atoms with Gasteiger partial charge in [-0.2, -0.15) is 0 Å². The Kier molecular flexibility index (Phi) is 3.31. The first kappa shape index (κ1) is 10.8. The smallest absolute Gasteiger partial charge is 0.286 e. The zero-order valence-corrected chi connectivity index (χ0v) is 8.83. The van der Waals surface area contributed by atoms with Crippen LogP contribution in [-0.4, -0.2) is 36.8 Å². The van der Waals surface area contributed by atoms with E-state index in [1.807, 2.05) is 30.3 Å². The molecule has 0 bridgehead atoms. The van der Waals surface area contributed by atoms with Crippen molar-refractivity contribution in [2.45, 2.75) is 6.10 Å². The van der Waals surface area contributed by atoms with Gasteiger partial charge in [0.05, 0.1) is 13.2 Å². The van der Waals surface area contributed by atoms with Crippen LogP contribution in [0.1, 0.15) is 11.7 Å². The molecule has 1 aromatic carbocycles. The van der Waals surface area contributed by atoms with Gasteiger partial charge < -0.3 is 9.64 Å². The summed E-state index contributed by atoms with van der Waals surface area (Å²) in [6.45, 7) is 1.40. The zero-order chi connectivity index (χ0) is 11.4. The van der Waals surface area contributed by atoms with Crippen molar-refractivity contribution in [3.63, 3.8) is 0 Å². The van der Waals surface area contributed by atoms with E-state index in [4.69, 9.17) is 4.74 Å². The molecule has 0 aliphatic carbocycles. The van der Waals surface area contributed by atoms with E-state index in [0.29, 0.717) is 26.0 Å². The van der Waals surface area contributed by atoms with E-state index < -0.39 is 5.91 Å². The first-order valence-electron chi connectivity index (χ1n) is 5.22. The predicted molar refractivity (Wildman–Crippen MR) is 57.8 cm³/mol. The minimum absolute atomic E-state index is 0.126. The van der Waals surface area contributed by atoms with Crippen LogP contribution in [0.2, 0.25) is 0 Å². The van der Waals surface area contributed by atoms with Crippen LogP contribution in [0.25, 0.3) is 0 Å². The van der Waals surface area contributed by atoms with Crippen molar-refractivity contribution in [3.05, 3.63) is 35.9 Å². The number of hydrogen-bond acceptors (Lipinski definition) is 3. The molecule has 1 aliphatic heterocycles. The standard InChI is InChI=1S/C12H13NO3/c14-9-12(15)13-6-7-16-11(8-13)10-4-2-1-3-5-10/h1-5,9,11H,6-8H2. The number of nitrogens with zero attached hydrogens (tertiary/aromatic N) is 1. The van der Waals surface area contributed by atoms with Crippen molar-refractivity contribution in [1.29, 1.82) is 0 Å². The lowest BCUT2D eigenvalue weighted by atomic mass is 10.1. The maximum absolute atomic E-state index is 11.2. The SMILES string of the molecule is O=CC(=O)N1CCOC(c2ccccc2)C1. The summed E-state index contributed by atoms with van der Waals surface area (Å²) in [6.07, 6.45) is 0.228. The quantitative estimate of drug-likeness (QED) is 0.545. The molecule has 1 aliphatic rings. The summed E-state index contributed by atoms with van der Waals surface area (Å²) in [5, 5.41) is 0. The molecular weight excluding hydrogens is 206 g/mol. The van der Waals surface area contributed by atoms with Crippen molar-refractivity contribution < 1.29 is 14.3 Å². The number of aldehydes is 1. The molecule has 1 amide bonds. The molecule has 0 aromatic heterocycles. The minimum atomic E-state index is -0.468. The lowest BCUT2D eigenvalue weighted by molar-refractivity contribution is -0.144. The minimum Gasteiger partial charge on any atom is -0.370 e. The van der Waals surface area contributed by atoms with Gasteiger partial charge in [0.15, 0.2) is 0 Å². The molecule has 4 heteroatoms. The van der Waals surface area contributed by atoms with E-state index in [1.54, 1.807) is 0 Å². The number of hydrogen-bond donors (Lipinski definition) is 0. The molecule has 0 saturated carbocycles. The van der Waals surface area contributed by atoms with Crippen LogP contribution in [0.15, 0.2) is 30.3 Å². The molecule has 0 spiro atoms. The molecule has 84 valence electrons. The van der Waals surface area contributed by atoms with Crippen LogP contribution >= 0.6 is 0 Å². The molecule has 2 rings (SSSR count). The Hall–Kier alpha value is -1.68. The molecule has 16 heavy (non-hydrogen) atoms. The highest BCUT2D eigenvalue weighted by Gasteiger charge is 2.24. The summed E-state index contributed by atoms with van der Waals surface area (Å²) >= 11 is 0. The number of carbonyl (C=O) groups excluding carboxylic acids is 2. The van der Waals surface area contributed by atoms with Gasteiger partial charge in [0.25, 0.3) is 5.91 Å². The van der Waals surface area contributed by atoms with E-state index in [2.05, 4.69) is 0 Å². The van der Waals surface area contributed by atoms with E-state index in [9.17, 15) is 9.59 Å². The van der Waals surface area contributed by atoms with Crippen LogP contribution < -0.4 is 0 Å². The molecule has 1 atom stereocenters. The van der Waals surface area contributed by atoms with Crippen molar-refractivity contribution in [2.24, 2.45) is 0 Å². The second kappa shape index (κ2) is 4.90. The van der Waals surface area contributed by atoms with Gasteiger partial charge >= 0.3 is 0 Å². The van der Waals surface area contributed by atoms with Crippen LogP contribution in [0.3, 0.4) is 0 Å². The topological polar surface area (TPSA) is 46.6 Å². The van der Waals surface area contributed by atoms with Gasteiger partial charge in [-0.05, 0) is 5.56 Å². The van der Waals surface area contributed by atoms with Gasteiger partial charge in [0.2, 0.25) is 6.29 Å². The molecule has 1 fully saturated rings. The summed E-state index contributed by atoms with van der Waals surface area (Å²) in [6, 6.07) is 9.71. The molecule has 1 saturated heterocycles. The van der Waals surface area contributed by atoms with E-state index in [0.717, 1.165) is 5.56 Å². The fourth-order valence-electron chi connectivity index (χ4n) is 1.79. The first-order chi connectivity index (χ1) is 7.81. The van der Waals surface area contributed by atoms with Gasteiger partial charge in [-0.25, -0.2) is 0 Å². The second-order valence-corrected chi connectivity index (χ2v) is 3.67. The molecule has 1 aromatic rings. The third-order valence-corrected chi connectivity index (χ3v) is 2.65. The van der Waals surface area contributed by atoms with Gasteiger partial charge in [-0.1, -0.05) is 30.3 Å². The molecule has 4 nitrogen and oxygen atoms in total. The average Bonchev–Trinajstić information content (AvgIpc) is 2.39. The fraction of sp³-hybridized carbons (Fsp3) is 0.333. The summed E-state index contributed by atoms with van der Waals surface area (Å²) in [4.78, 5) is 23.2. The third kappa shape index (κ3) is 2.28.